The van der Waals surface area contributed by atoms with Crippen molar-refractivity contribution in [1.82, 2.24) is 20.5 Å². The van der Waals surface area contributed by atoms with Gasteiger partial charge in [-0.25, -0.2) is 9.98 Å². The molecule has 6 nitrogen and oxygen atoms in total. The van der Waals surface area contributed by atoms with Gasteiger partial charge in [0.25, 0.3) is 0 Å². The van der Waals surface area contributed by atoms with Crippen LogP contribution in [0.1, 0.15) is 55.8 Å². The second kappa shape index (κ2) is 11.2. The van der Waals surface area contributed by atoms with Gasteiger partial charge < -0.3 is 15.5 Å². The Balaban J connectivity index is 0.00000261. The molecule has 1 aliphatic heterocycles. The van der Waals surface area contributed by atoms with E-state index >= 15 is 0 Å². The maximum absolute atomic E-state index is 12.6. The van der Waals surface area contributed by atoms with Crippen molar-refractivity contribution >= 4 is 47.2 Å². The molecule has 27 heavy (non-hydrogen) atoms. The number of thiazole rings is 1. The van der Waals surface area contributed by atoms with Gasteiger partial charge in [-0.15, -0.1) is 35.3 Å². The van der Waals surface area contributed by atoms with Crippen LogP contribution >= 0.6 is 35.3 Å². The highest BCUT2D eigenvalue weighted by atomic mass is 127. The van der Waals surface area contributed by atoms with Crippen molar-refractivity contribution in [2.45, 2.75) is 65.0 Å². The molecule has 1 saturated carbocycles. The number of hydrogen-bond acceptors (Lipinski definition) is 4. The van der Waals surface area contributed by atoms with Gasteiger partial charge >= 0.3 is 0 Å². The number of likely N-dealkylation sites (tertiary alicyclic amines) is 1. The summed E-state index contributed by atoms with van der Waals surface area (Å²) in [4.78, 5) is 25.0. The van der Waals surface area contributed by atoms with Crippen molar-refractivity contribution in [2.24, 2.45) is 10.9 Å². The molecule has 0 spiro atoms. The van der Waals surface area contributed by atoms with E-state index in [4.69, 9.17) is 0 Å². The van der Waals surface area contributed by atoms with Crippen LogP contribution in [0.3, 0.4) is 0 Å². The molecule has 1 amide bonds. The van der Waals surface area contributed by atoms with Crippen molar-refractivity contribution in [1.29, 1.82) is 0 Å². The number of nitrogens with one attached hydrogen (secondary N) is 2. The van der Waals surface area contributed by atoms with E-state index in [2.05, 4.69) is 34.5 Å². The van der Waals surface area contributed by atoms with Crippen LogP contribution in [0.2, 0.25) is 0 Å². The van der Waals surface area contributed by atoms with Gasteiger partial charge in [-0.3, -0.25) is 4.79 Å². The van der Waals surface area contributed by atoms with Crippen LogP contribution in [0.15, 0.2) is 11.2 Å². The second-order valence-corrected chi connectivity index (χ2v) is 8.36. The zero-order valence-corrected chi connectivity index (χ0v) is 19.5. The molecule has 0 aromatic carbocycles. The zero-order chi connectivity index (χ0) is 18.4. The lowest BCUT2D eigenvalue weighted by Gasteiger charge is -2.21. The number of carbonyl (C=O) groups is 1. The third-order valence-corrected chi connectivity index (χ3v) is 6.34. The van der Waals surface area contributed by atoms with Crippen LogP contribution in [0, 0.1) is 5.92 Å². The Kier molecular flexibility index (Phi) is 9.28. The Hall–Kier alpha value is -0.900. The first-order valence-corrected chi connectivity index (χ1v) is 10.8. The molecule has 1 aromatic rings. The zero-order valence-electron chi connectivity index (χ0n) is 16.4. The Labute approximate surface area is 183 Å². The maximum atomic E-state index is 12.6. The average molecular weight is 505 g/mol. The van der Waals surface area contributed by atoms with Gasteiger partial charge in [0.2, 0.25) is 5.91 Å². The van der Waals surface area contributed by atoms with Crippen LogP contribution in [0.5, 0.6) is 0 Å². The molecule has 3 rings (SSSR count). The van der Waals surface area contributed by atoms with Crippen molar-refractivity contribution in [3.05, 3.63) is 16.1 Å². The number of amides is 1. The number of aryl methyl sites for hydroxylation is 1. The fourth-order valence-electron chi connectivity index (χ4n) is 3.75. The third-order valence-electron chi connectivity index (χ3n) is 5.21. The van der Waals surface area contributed by atoms with Crippen LogP contribution in [-0.4, -0.2) is 47.4 Å². The van der Waals surface area contributed by atoms with E-state index in [9.17, 15) is 4.79 Å². The lowest BCUT2D eigenvalue weighted by atomic mass is 10.1. The topological polar surface area (TPSA) is 69.6 Å². The van der Waals surface area contributed by atoms with Gasteiger partial charge in [-0.05, 0) is 32.6 Å². The van der Waals surface area contributed by atoms with Gasteiger partial charge in [-0.2, -0.15) is 0 Å². The highest BCUT2D eigenvalue weighted by Crippen LogP contribution is 2.27. The molecule has 0 bridgehead atoms. The molecule has 2 heterocycles. The molecule has 8 heteroatoms. The Morgan fingerprint density at radius 2 is 2.11 bits per heavy atom. The van der Waals surface area contributed by atoms with Crippen molar-refractivity contribution < 1.29 is 4.79 Å². The van der Waals surface area contributed by atoms with Gasteiger partial charge in [0.05, 0.1) is 6.54 Å². The summed E-state index contributed by atoms with van der Waals surface area (Å²) in [6.07, 6.45) is 8.52. The highest BCUT2D eigenvalue weighted by molar-refractivity contribution is 14.0. The number of guanidine groups is 1. The van der Waals surface area contributed by atoms with Gasteiger partial charge in [0, 0.05) is 42.7 Å². The summed E-state index contributed by atoms with van der Waals surface area (Å²) in [6.45, 7) is 7.28. The van der Waals surface area contributed by atoms with E-state index < -0.39 is 0 Å². The molecule has 1 aromatic heterocycles. The van der Waals surface area contributed by atoms with E-state index in [1.165, 1.54) is 17.7 Å². The molecule has 1 atom stereocenters. The fraction of sp³-hybridized carbons (Fsp3) is 0.737. The van der Waals surface area contributed by atoms with Crippen LogP contribution < -0.4 is 10.6 Å². The first-order chi connectivity index (χ1) is 12.7. The number of halogens is 1. The average Bonchev–Trinajstić information content (AvgIpc) is 3.40. The normalized spacial score (nSPS) is 20.6. The SMILES string of the molecule is CCNC(=NCc1ncc(CC)s1)NC1CCN(C(=O)C2CCCC2)C1.I. The molecule has 2 N–H and O–H groups in total. The molecular formula is C19H32IN5OS. The molecule has 1 aliphatic carbocycles. The number of aromatic nitrogens is 1. The van der Waals surface area contributed by atoms with Crippen LogP contribution in [0.4, 0.5) is 0 Å². The summed E-state index contributed by atoms with van der Waals surface area (Å²) in [5, 5.41) is 7.86. The largest absolute Gasteiger partial charge is 0.357 e. The van der Waals surface area contributed by atoms with Crippen molar-refractivity contribution in [2.75, 3.05) is 19.6 Å². The fourth-order valence-corrected chi connectivity index (χ4v) is 4.54. The standard InChI is InChI=1S/C19H31N5OS.HI/c1-3-16-11-21-17(26-16)12-22-19(20-4-2)23-15-9-10-24(13-15)18(25)14-7-5-6-8-14;/h11,14-15H,3-10,12-13H2,1-2H3,(H2,20,22,23);1H. The van der Waals surface area contributed by atoms with Gasteiger partial charge in [0.15, 0.2) is 5.96 Å². The lowest BCUT2D eigenvalue weighted by Crippen LogP contribution is -2.45. The summed E-state index contributed by atoms with van der Waals surface area (Å²) >= 11 is 1.73. The summed E-state index contributed by atoms with van der Waals surface area (Å²) in [5.74, 6) is 1.46. The lowest BCUT2D eigenvalue weighted by molar-refractivity contribution is -0.134. The van der Waals surface area contributed by atoms with Crippen LogP contribution in [-0.2, 0) is 17.8 Å². The summed E-state index contributed by atoms with van der Waals surface area (Å²) in [5.41, 5.74) is 0. The Morgan fingerprint density at radius 1 is 1.33 bits per heavy atom. The van der Waals surface area contributed by atoms with Crippen molar-refractivity contribution in [3.8, 4) is 0 Å². The van der Waals surface area contributed by atoms with Gasteiger partial charge in [-0.1, -0.05) is 19.8 Å². The highest BCUT2D eigenvalue weighted by Gasteiger charge is 2.32. The predicted octanol–water partition coefficient (Wildman–Crippen LogP) is 3.17. The molecule has 2 aliphatic rings. The minimum Gasteiger partial charge on any atom is -0.357 e. The third kappa shape index (κ3) is 6.30. The first-order valence-electron chi connectivity index (χ1n) is 9.96. The second-order valence-electron chi connectivity index (χ2n) is 7.16. The maximum Gasteiger partial charge on any atom is 0.225 e. The number of rotatable bonds is 6. The number of carbonyl (C=O) groups excluding carboxylic acids is 1. The van der Waals surface area contributed by atoms with E-state index in [0.717, 1.165) is 56.3 Å². The van der Waals surface area contributed by atoms with E-state index in [1.807, 2.05) is 11.1 Å². The summed E-state index contributed by atoms with van der Waals surface area (Å²) in [7, 11) is 0. The molecule has 0 radical (unpaired) electrons. The molecule has 1 saturated heterocycles. The monoisotopic (exact) mass is 505 g/mol. The summed E-state index contributed by atoms with van der Waals surface area (Å²) < 4.78 is 0. The Morgan fingerprint density at radius 3 is 2.78 bits per heavy atom. The smallest absolute Gasteiger partial charge is 0.225 e. The number of aliphatic imine (C=N–C) groups is 1. The molecule has 2 fully saturated rings. The molecular weight excluding hydrogens is 473 g/mol. The Bertz CT molecular complexity index is 629. The van der Waals surface area contributed by atoms with E-state index in [1.54, 1.807) is 11.3 Å². The predicted molar refractivity (Wildman–Crippen MR) is 122 cm³/mol. The minimum absolute atomic E-state index is 0. The van der Waals surface area contributed by atoms with E-state index in [0.29, 0.717) is 12.5 Å². The minimum atomic E-state index is 0. The molecule has 152 valence electrons. The van der Waals surface area contributed by atoms with Crippen molar-refractivity contribution in [3.63, 3.8) is 0 Å². The summed E-state index contributed by atoms with van der Waals surface area (Å²) in [6, 6.07) is 0.278. The van der Waals surface area contributed by atoms with Crippen LogP contribution in [0.25, 0.3) is 0 Å². The molecule has 1 unspecified atom stereocenters. The van der Waals surface area contributed by atoms with E-state index in [-0.39, 0.29) is 35.9 Å². The first kappa shape index (κ1) is 22.4. The van der Waals surface area contributed by atoms with Gasteiger partial charge in [0.1, 0.15) is 5.01 Å². The number of hydrogen-bond donors (Lipinski definition) is 2. The number of nitrogens with zero attached hydrogens (tertiary/aromatic N) is 3. The quantitative estimate of drug-likeness (QED) is 0.354.